The molecule has 2 rings (SSSR count). The van der Waals surface area contributed by atoms with Crippen molar-refractivity contribution in [3.8, 4) is 6.07 Å². The summed E-state index contributed by atoms with van der Waals surface area (Å²) in [7, 11) is 0. The summed E-state index contributed by atoms with van der Waals surface area (Å²) in [6.07, 6.45) is 0. The third-order valence-corrected chi connectivity index (χ3v) is 2.10. The highest BCUT2D eigenvalue weighted by atomic mass is 16.5. The Labute approximate surface area is 81.9 Å². The average Bonchev–Trinajstić information content (AvgIpc) is 2.30. The van der Waals surface area contributed by atoms with Gasteiger partial charge in [-0.15, -0.1) is 10.2 Å². The number of rotatable bonds is 1. The number of nitriles is 1. The molecule has 5 heteroatoms. The second-order valence-electron chi connectivity index (χ2n) is 2.99. The molecule has 0 aliphatic carbocycles. The standard InChI is InChI=1S/C9H10N4O/c10-7-8-1-2-9(12-11-8)13-3-5-14-6-4-13/h1-2H,3-6H2. The van der Waals surface area contributed by atoms with Gasteiger partial charge in [-0.05, 0) is 12.1 Å². The van der Waals surface area contributed by atoms with Crippen LogP contribution in [0.1, 0.15) is 5.69 Å². The quantitative estimate of drug-likeness (QED) is 0.632. The van der Waals surface area contributed by atoms with Gasteiger partial charge in [0.2, 0.25) is 0 Å². The number of morpholine rings is 1. The number of ether oxygens (including phenoxy) is 1. The Kier molecular flexibility index (Phi) is 2.56. The summed E-state index contributed by atoms with van der Waals surface area (Å²) >= 11 is 0. The fourth-order valence-corrected chi connectivity index (χ4v) is 1.35. The first-order chi connectivity index (χ1) is 6.90. The molecule has 0 aromatic carbocycles. The lowest BCUT2D eigenvalue weighted by Crippen LogP contribution is -2.36. The van der Waals surface area contributed by atoms with Gasteiger partial charge in [-0.25, -0.2) is 0 Å². The van der Waals surface area contributed by atoms with Crippen LogP contribution in [0.2, 0.25) is 0 Å². The van der Waals surface area contributed by atoms with Gasteiger partial charge in [-0.3, -0.25) is 0 Å². The minimum atomic E-state index is 0.349. The molecule has 1 aliphatic rings. The van der Waals surface area contributed by atoms with Gasteiger partial charge in [0.25, 0.3) is 0 Å². The zero-order chi connectivity index (χ0) is 9.80. The number of anilines is 1. The maximum Gasteiger partial charge on any atom is 0.163 e. The molecule has 0 spiro atoms. The predicted octanol–water partition coefficient (Wildman–Crippen LogP) is 0.185. The molecule has 5 nitrogen and oxygen atoms in total. The highest BCUT2D eigenvalue weighted by Gasteiger charge is 2.12. The molecule has 0 saturated carbocycles. The van der Waals surface area contributed by atoms with E-state index in [1.807, 2.05) is 12.1 Å². The van der Waals surface area contributed by atoms with E-state index in [2.05, 4.69) is 15.1 Å². The highest BCUT2D eigenvalue weighted by molar-refractivity contribution is 5.39. The summed E-state index contributed by atoms with van der Waals surface area (Å²) in [4.78, 5) is 2.09. The Hall–Kier alpha value is -1.67. The zero-order valence-corrected chi connectivity index (χ0v) is 7.68. The molecule has 0 N–H and O–H groups in total. The monoisotopic (exact) mass is 190 g/mol. The van der Waals surface area contributed by atoms with E-state index in [0.29, 0.717) is 5.69 Å². The lowest BCUT2D eigenvalue weighted by atomic mass is 10.3. The number of aromatic nitrogens is 2. The largest absolute Gasteiger partial charge is 0.378 e. The lowest BCUT2D eigenvalue weighted by molar-refractivity contribution is 0.122. The van der Waals surface area contributed by atoms with Gasteiger partial charge in [0, 0.05) is 13.1 Å². The predicted molar refractivity (Wildman–Crippen MR) is 49.8 cm³/mol. The van der Waals surface area contributed by atoms with Crippen molar-refractivity contribution in [1.29, 1.82) is 5.26 Å². The van der Waals surface area contributed by atoms with Crippen molar-refractivity contribution in [3.63, 3.8) is 0 Å². The molecule has 0 radical (unpaired) electrons. The first-order valence-corrected chi connectivity index (χ1v) is 4.46. The molecule has 0 unspecified atom stereocenters. The summed E-state index contributed by atoms with van der Waals surface area (Å²) in [6, 6.07) is 5.43. The normalized spacial score (nSPS) is 16.4. The van der Waals surface area contributed by atoms with Crippen LogP contribution in [0.25, 0.3) is 0 Å². The molecule has 0 bridgehead atoms. The Morgan fingerprint density at radius 3 is 2.64 bits per heavy atom. The van der Waals surface area contributed by atoms with Crippen LogP contribution in [0, 0.1) is 11.3 Å². The Bertz CT molecular complexity index is 337. The number of hydrogen-bond donors (Lipinski definition) is 0. The van der Waals surface area contributed by atoms with E-state index in [0.717, 1.165) is 32.1 Å². The minimum absolute atomic E-state index is 0.349. The van der Waals surface area contributed by atoms with Crippen molar-refractivity contribution >= 4 is 5.82 Å². The smallest absolute Gasteiger partial charge is 0.163 e. The van der Waals surface area contributed by atoms with Crippen LogP contribution in [-0.2, 0) is 4.74 Å². The molecular formula is C9H10N4O. The minimum Gasteiger partial charge on any atom is -0.378 e. The van der Waals surface area contributed by atoms with Crippen LogP contribution in [0.5, 0.6) is 0 Å². The zero-order valence-electron chi connectivity index (χ0n) is 7.68. The highest BCUT2D eigenvalue weighted by Crippen LogP contribution is 2.10. The molecular weight excluding hydrogens is 180 g/mol. The van der Waals surface area contributed by atoms with Gasteiger partial charge in [0.05, 0.1) is 13.2 Å². The van der Waals surface area contributed by atoms with Crippen LogP contribution in [0.3, 0.4) is 0 Å². The van der Waals surface area contributed by atoms with E-state index in [-0.39, 0.29) is 0 Å². The summed E-state index contributed by atoms with van der Waals surface area (Å²) in [5, 5.41) is 16.3. The summed E-state index contributed by atoms with van der Waals surface area (Å²) < 4.78 is 5.22. The molecule has 1 saturated heterocycles. The average molecular weight is 190 g/mol. The maximum absolute atomic E-state index is 8.55. The second kappa shape index (κ2) is 4.03. The van der Waals surface area contributed by atoms with Crippen molar-refractivity contribution in [1.82, 2.24) is 10.2 Å². The fraction of sp³-hybridized carbons (Fsp3) is 0.444. The maximum atomic E-state index is 8.55. The molecule has 1 fully saturated rings. The molecule has 2 heterocycles. The van der Waals surface area contributed by atoms with E-state index in [4.69, 9.17) is 10.00 Å². The Balaban J connectivity index is 2.12. The first-order valence-electron chi connectivity index (χ1n) is 4.46. The van der Waals surface area contributed by atoms with E-state index in [1.165, 1.54) is 0 Å². The van der Waals surface area contributed by atoms with Crippen molar-refractivity contribution in [2.75, 3.05) is 31.2 Å². The van der Waals surface area contributed by atoms with Crippen LogP contribution >= 0.6 is 0 Å². The molecule has 72 valence electrons. The van der Waals surface area contributed by atoms with Crippen LogP contribution in [0.15, 0.2) is 12.1 Å². The molecule has 1 aromatic rings. The number of hydrogen-bond acceptors (Lipinski definition) is 5. The third-order valence-electron chi connectivity index (χ3n) is 2.10. The van der Waals surface area contributed by atoms with Crippen LogP contribution in [0.4, 0.5) is 5.82 Å². The molecule has 1 aliphatic heterocycles. The van der Waals surface area contributed by atoms with Crippen LogP contribution < -0.4 is 4.90 Å². The summed E-state index contributed by atoms with van der Waals surface area (Å²) in [5.41, 5.74) is 0.349. The van der Waals surface area contributed by atoms with Gasteiger partial charge in [-0.1, -0.05) is 0 Å². The van der Waals surface area contributed by atoms with Gasteiger partial charge >= 0.3 is 0 Å². The van der Waals surface area contributed by atoms with E-state index in [9.17, 15) is 0 Å². The lowest BCUT2D eigenvalue weighted by Gasteiger charge is -2.27. The number of nitrogens with zero attached hydrogens (tertiary/aromatic N) is 4. The summed E-state index contributed by atoms with van der Waals surface area (Å²) in [6.45, 7) is 3.12. The van der Waals surface area contributed by atoms with Gasteiger partial charge in [0.15, 0.2) is 11.5 Å². The van der Waals surface area contributed by atoms with E-state index >= 15 is 0 Å². The molecule has 14 heavy (non-hydrogen) atoms. The van der Waals surface area contributed by atoms with E-state index < -0.39 is 0 Å². The van der Waals surface area contributed by atoms with Gasteiger partial charge in [0.1, 0.15) is 6.07 Å². The third kappa shape index (κ3) is 1.80. The Morgan fingerprint density at radius 1 is 1.29 bits per heavy atom. The van der Waals surface area contributed by atoms with Crippen molar-refractivity contribution in [2.24, 2.45) is 0 Å². The van der Waals surface area contributed by atoms with Crippen molar-refractivity contribution < 1.29 is 4.74 Å². The fourth-order valence-electron chi connectivity index (χ4n) is 1.35. The Morgan fingerprint density at radius 2 is 2.07 bits per heavy atom. The first kappa shape index (κ1) is 8.91. The van der Waals surface area contributed by atoms with E-state index in [1.54, 1.807) is 6.07 Å². The molecule has 1 aromatic heterocycles. The van der Waals surface area contributed by atoms with Gasteiger partial charge < -0.3 is 9.64 Å². The van der Waals surface area contributed by atoms with Crippen LogP contribution in [-0.4, -0.2) is 36.5 Å². The topological polar surface area (TPSA) is 62.0 Å². The van der Waals surface area contributed by atoms with Crippen molar-refractivity contribution in [2.45, 2.75) is 0 Å². The second-order valence-corrected chi connectivity index (χ2v) is 2.99. The molecule has 0 amide bonds. The molecule has 0 atom stereocenters. The SMILES string of the molecule is N#Cc1ccc(N2CCOCC2)nn1. The van der Waals surface area contributed by atoms with Crippen molar-refractivity contribution in [3.05, 3.63) is 17.8 Å². The van der Waals surface area contributed by atoms with Gasteiger partial charge in [-0.2, -0.15) is 5.26 Å². The summed E-state index contributed by atoms with van der Waals surface area (Å²) in [5.74, 6) is 0.812.